The van der Waals surface area contributed by atoms with E-state index in [0.717, 1.165) is 44.6 Å². The lowest BCUT2D eigenvalue weighted by molar-refractivity contribution is 0.0699. The molecule has 2 fully saturated rings. The van der Waals surface area contributed by atoms with Gasteiger partial charge in [0.2, 0.25) is 0 Å². The van der Waals surface area contributed by atoms with Gasteiger partial charge in [-0.15, -0.1) is 0 Å². The predicted molar refractivity (Wildman–Crippen MR) is 118 cm³/mol. The number of pyridine rings is 2. The molecule has 0 radical (unpaired) electrons. The second-order valence-electron chi connectivity index (χ2n) is 8.39. The summed E-state index contributed by atoms with van der Waals surface area (Å²) in [6, 6.07) is 3.02. The van der Waals surface area contributed by atoms with Crippen LogP contribution in [0.15, 0.2) is 18.3 Å². The molecule has 3 heterocycles. The number of halogens is 3. The molecule has 1 saturated heterocycles. The Morgan fingerprint density at radius 1 is 1.06 bits per heavy atom. The van der Waals surface area contributed by atoms with Gasteiger partial charge in [-0.2, -0.15) is 0 Å². The zero-order valence-electron chi connectivity index (χ0n) is 17.3. The highest BCUT2D eigenvalue weighted by Crippen LogP contribution is 2.32. The molecular weight excluding hydrogens is 424 g/mol. The van der Waals surface area contributed by atoms with Gasteiger partial charge in [0, 0.05) is 49.7 Å². The molecule has 1 saturated carbocycles. The maximum absolute atomic E-state index is 14.7. The fraction of sp³-hybridized carbons (Fsp3) is 0.545. The largest absolute Gasteiger partial charge is 0.381 e. The van der Waals surface area contributed by atoms with Crippen molar-refractivity contribution in [3.8, 4) is 11.3 Å². The van der Waals surface area contributed by atoms with E-state index in [2.05, 4.69) is 20.6 Å². The number of nitrogens with two attached hydrogens (primary N) is 1. The lowest BCUT2D eigenvalue weighted by atomic mass is 9.92. The molecule has 4 N–H and O–H groups in total. The van der Waals surface area contributed by atoms with Crippen LogP contribution in [-0.4, -0.2) is 41.8 Å². The number of ether oxygens (including phenoxy) is 1. The summed E-state index contributed by atoms with van der Waals surface area (Å²) >= 11 is 6.31. The van der Waals surface area contributed by atoms with Crippen molar-refractivity contribution in [1.82, 2.24) is 9.97 Å². The molecule has 2 aliphatic rings. The first-order valence-corrected chi connectivity index (χ1v) is 11.2. The molecule has 1 aliphatic heterocycles. The summed E-state index contributed by atoms with van der Waals surface area (Å²) < 4.78 is 34.4. The average molecular weight is 452 g/mol. The van der Waals surface area contributed by atoms with Gasteiger partial charge in [-0.05, 0) is 50.5 Å². The molecule has 2 aromatic rings. The number of nitrogens with one attached hydrogen (secondary N) is 2. The molecule has 0 bridgehead atoms. The molecule has 6 nitrogen and oxygen atoms in total. The van der Waals surface area contributed by atoms with Gasteiger partial charge < -0.3 is 21.1 Å². The molecule has 1 aliphatic carbocycles. The van der Waals surface area contributed by atoms with Crippen molar-refractivity contribution in [1.29, 1.82) is 0 Å². The van der Waals surface area contributed by atoms with E-state index in [1.54, 1.807) is 6.07 Å². The lowest BCUT2D eigenvalue weighted by Crippen LogP contribution is -2.33. The Balaban J connectivity index is 1.53. The third kappa shape index (κ3) is 5.61. The number of hydrogen-bond acceptors (Lipinski definition) is 6. The number of aromatic nitrogens is 2. The smallest absolute Gasteiger partial charge is 0.168 e. The topological polar surface area (TPSA) is 85.1 Å². The Kier molecular flexibility index (Phi) is 7.20. The van der Waals surface area contributed by atoms with Crippen molar-refractivity contribution in [3.05, 3.63) is 35.0 Å². The van der Waals surface area contributed by atoms with E-state index in [0.29, 0.717) is 37.1 Å². The first kappa shape index (κ1) is 22.2. The SMILES string of the molecule is NC1CCC(Nc2cc(-c3nc(NCC4CCOCC4)c(F)cc3F)c(Cl)cn2)CC1. The van der Waals surface area contributed by atoms with Crippen LogP contribution in [0.2, 0.25) is 5.02 Å². The van der Waals surface area contributed by atoms with Crippen LogP contribution in [0.1, 0.15) is 38.5 Å². The van der Waals surface area contributed by atoms with Gasteiger partial charge in [0.05, 0.1) is 5.02 Å². The van der Waals surface area contributed by atoms with Gasteiger partial charge in [-0.1, -0.05) is 11.6 Å². The van der Waals surface area contributed by atoms with Crippen molar-refractivity contribution in [2.45, 2.75) is 50.6 Å². The normalized spacial score (nSPS) is 22.3. The number of anilines is 2. The van der Waals surface area contributed by atoms with Crippen LogP contribution >= 0.6 is 11.6 Å². The summed E-state index contributed by atoms with van der Waals surface area (Å²) in [4.78, 5) is 8.55. The highest BCUT2D eigenvalue weighted by molar-refractivity contribution is 6.33. The molecule has 0 unspecified atom stereocenters. The molecule has 0 aromatic carbocycles. The van der Waals surface area contributed by atoms with Crippen LogP contribution in [0.4, 0.5) is 20.4 Å². The minimum atomic E-state index is -0.767. The summed E-state index contributed by atoms with van der Waals surface area (Å²) in [5, 5.41) is 6.66. The van der Waals surface area contributed by atoms with Crippen LogP contribution in [0.5, 0.6) is 0 Å². The molecule has 9 heteroatoms. The van der Waals surface area contributed by atoms with Gasteiger partial charge in [-0.25, -0.2) is 18.7 Å². The van der Waals surface area contributed by atoms with Crippen LogP contribution < -0.4 is 16.4 Å². The fourth-order valence-electron chi connectivity index (χ4n) is 4.14. The van der Waals surface area contributed by atoms with Crippen LogP contribution in [0.3, 0.4) is 0 Å². The van der Waals surface area contributed by atoms with E-state index in [1.807, 2.05) is 0 Å². The summed E-state index contributed by atoms with van der Waals surface area (Å²) in [5.74, 6) is -0.520. The number of hydrogen-bond donors (Lipinski definition) is 3. The highest BCUT2D eigenvalue weighted by atomic mass is 35.5. The Labute approximate surface area is 185 Å². The van der Waals surface area contributed by atoms with Crippen molar-refractivity contribution < 1.29 is 13.5 Å². The highest BCUT2D eigenvalue weighted by Gasteiger charge is 2.21. The van der Waals surface area contributed by atoms with Crippen molar-refractivity contribution >= 4 is 23.2 Å². The van der Waals surface area contributed by atoms with E-state index in [1.165, 1.54) is 6.20 Å². The predicted octanol–water partition coefficient (Wildman–Crippen LogP) is 4.60. The maximum atomic E-state index is 14.7. The van der Waals surface area contributed by atoms with Crippen molar-refractivity contribution in [2.24, 2.45) is 11.7 Å². The third-order valence-electron chi connectivity index (χ3n) is 6.06. The first-order valence-electron chi connectivity index (χ1n) is 10.8. The lowest BCUT2D eigenvalue weighted by Gasteiger charge is -2.27. The van der Waals surface area contributed by atoms with E-state index in [-0.39, 0.29) is 28.6 Å². The minimum Gasteiger partial charge on any atom is -0.381 e. The maximum Gasteiger partial charge on any atom is 0.168 e. The quantitative estimate of drug-likeness (QED) is 0.595. The van der Waals surface area contributed by atoms with E-state index in [9.17, 15) is 8.78 Å². The molecular formula is C22H28ClF2N5O. The van der Waals surface area contributed by atoms with E-state index >= 15 is 0 Å². The Morgan fingerprint density at radius 2 is 1.81 bits per heavy atom. The second kappa shape index (κ2) is 10.1. The van der Waals surface area contributed by atoms with Gasteiger partial charge in [-0.3, -0.25) is 0 Å². The Morgan fingerprint density at radius 3 is 2.55 bits per heavy atom. The Hall–Kier alpha value is -2.03. The van der Waals surface area contributed by atoms with Gasteiger partial charge in [0.25, 0.3) is 0 Å². The van der Waals surface area contributed by atoms with Crippen LogP contribution in [0.25, 0.3) is 11.3 Å². The standard InChI is InChI=1S/C22H28ClF2N5O/c23-17-12-27-20(29-15-3-1-14(26)2-4-15)9-16(17)21-18(24)10-19(25)22(30-21)28-11-13-5-7-31-8-6-13/h9-10,12-15H,1-8,11,26H2,(H,27,29)(H,28,30). The fourth-order valence-corrected chi connectivity index (χ4v) is 4.34. The van der Waals surface area contributed by atoms with Gasteiger partial charge >= 0.3 is 0 Å². The van der Waals surface area contributed by atoms with Gasteiger partial charge in [0.15, 0.2) is 17.5 Å². The minimum absolute atomic E-state index is 0.00278. The van der Waals surface area contributed by atoms with Gasteiger partial charge in [0.1, 0.15) is 11.5 Å². The van der Waals surface area contributed by atoms with Crippen LogP contribution in [-0.2, 0) is 4.74 Å². The molecule has 2 aromatic heterocycles. The molecule has 31 heavy (non-hydrogen) atoms. The van der Waals surface area contributed by atoms with Crippen molar-refractivity contribution in [2.75, 3.05) is 30.4 Å². The van der Waals surface area contributed by atoms with E-state index < -0.39 is 11.6 Å². The summed E-state index contributed by atoms with van der Waals surface area (Å²) in [5.41, 5.74) is 6.34. The molecule has 0 spiro atoms. The summed E-state index contributed by atoms with van der Waals surface area (Å²) in [6.45, 7) is 1.96. The number of nitrogens with zero attached hydrogens (tertiary/aromatic N) is 2. The second-order valence-corrected chi connectivity index (χ2v) is 8.80. The first-order chi connectivity index (χ1) is 15.0. The van der Waals surface area contributed by atoms with Crippen LogP contribution in [0, 0.1) is 17.6 Å². The zero-order valence-corrected chi connectivity index (χ0v) is 18.1. The average Bonchev–Trinajstić information content (AvgIpc) is 2.77. The summed E-state index contributed by atoms with van der Waals surface area (Å²) in [6.07, 6.45) is 7.07. The monoisotopic (exact) mass is 451 g/mol. The number of rotatable bonds is 6. The Bertz CT molecular complexity index is 902. The molecule has 0 atom stereocenters. The van der Waals surface area contributed by atoms with E-state index in [4.69, 9.17) is 22.1 Å². The van der Waals surface area contributed by atoms with Crippen molar-refractivity contribution in [3.63, 3.8) is 0 Å². The summed E-state index contributed by atoms with van der Waals surface area (Å²) in [7, 11) is 0. The third-order valence-corrected chi connectivity index (χ3v) is 6.36. The zero-order chi connectivity index (χ0) is 21.8. The molecule has 4 rings (SSSR count). The molecule has 168 valence electrons. The molecule has 0 amide bonds.